The van der Waals surface area contributed by atoms with Gasteiger partial charge in [-0.15, -0.1) is 0 Å². The van der Waals surface area contributed by atoms with E-state index in [1.165, 1.54) is 33.5 Å². The number of likely N-dealkylation sites (tertiary alicyclic amines) is 1. The molecule has 192 valence electrons. The molecule has 1 fully saturated rings. The van der Waals surface area contributed by atoms with Crippen LogP contribution in [0.2, 0.25) is 0 Å². The number of ether oxygens (including phenoxy) is 2. The van der Waals surface area contributed by atoms with Gasteiger partial charge in [-0.25, -0.2) is 13.8 Å². The molecule has 0 aliphatic carbocycles. The molecule has 1 aromatic carbocycles. The first kappa shape index (κ1) is 25.4. The van der Waals surface area contributed by atoms with Crippen molar-refractivity contribution in [1.82, 2.24) is 25.0 Å². The van der Waals surface area contributed by atoms with E-state index in [0.717, 1.165) is 6.07 Å². The van der Waals surface area contributed by atoms with Crippen molar-refractivity contribution in [1.29, 1.82) is 0 Å². The number of fused-ring (bicyclic) bond motifs is 1. The van der Waals surface area contributed by atoms with Crippen LogP contribution in [0.4, 0.5) is 14.6 Å². The van der Waals surface area contributed by atoms with Gasteiger partial charge >= 0.3 is 0 Å². The number of anilines is 1. The number of halogens is 2. The zero-order valence-corrected chi connectivity index (χ0v) is 20.4. The van der Waals surface area contributed by atoms with Crippen molar-refractivity contribution < 1.29 is 27.8 Å². The van der Waals surface area contributed by atoms with E-state index in [0.29, 0.717) is 25.0 Å². The number of hydrogen-bond acceptors (Lipinski definition) is 7. The summed E-state index contributed by atoms with van der Waals surface area (Å²) in [6.07, 6.45) is 3.08. The SMILES string of the molecule is C=CC(=O)N1CC[C@H](n2nc(C#Cc3c(F)c(OC)cc(OC)c3F)c3c(N)ncc(C(=O)NC)c32)C1. The number of nitrogens with two attached hydrogens (primary N) is 1. The normalized spacial score (nSPS) is 14.7. The number of benzene rings is 1. The number of pyridine rings is 1. The van der Waals surface area contributed by atoms with Crippen LogP contribution in [0.25, 0.3) is 10.9 Å². The van der Waals surface area contributed by atoms with E-state index in [1.54, 1.807) is 9.58 Å². The molecule has 2 amide bonds. The van der Waals surface area contributed by atoms with Gasteiger partial charge in [0, 0.05) is 32.4 Å². The Morgan fingerprint density at radius 2 is 1.92 bits per heavy atom. The van der Waals surface area contributed by atoms with E-state index in [4.69, 9.17) is 15.2 Å². The lowest BCUT2D eigenvalue weighted by atomic mass is 10.1. The summed E-state index contributed by atoms with van der Waals surface area (Å²) in [4.78, 5) is 30.5. The Bertz CT molecular complexity index is 1460. The minimum Gasteiger partial charge on any atom is -0.493 e. The van der Waals surface area contributed by atoms with E-state index in [1.807, 2.05) is 0 Å². The zero-order valence-electron chi connectivity index (χ0n) is 20.4. The van der Waals surface area contributed by atoms with Crippen LogP contribution in [0.5, 0.6) is 11.5 Å². The summed E-state index contributed by atoms with van der Waals surface area (Å²) in [7, 11) is 3.93. The minimum absolute atomic E-state index is 0.0272. The summed E-state index contributed by atoms with van der Waals surface area (Å²) >= 11 is 0. The van der Waals surface area contributed by atoms with E-state index in [9.17, 15) is 18.4 Å². The average molecular weight is 511 g/mol. The van der Waals surface area contributed by atoms with Crippen LogP contribution in [0, 0.1) is 23.5 Å². The van der Waals surface area contributed by atoms with Crippen LogP contribution < -0.4 is 20.5 Å². The van der Waals surface area contributed by atoms with Crippen LogP contribution in [0.1, 0.15) is 34.1 Å². The molecule has 1 atom stereocenters. The number of methoxy groups -OCH3 is 2. The van der Waals surface area contributed by atoms with Gasteiger partial charge in [0.2, 0.25) is 5.91 Å². The Morgan fingerprint density at radius 1 is 1.24 bits per heavy atom. The zero-order chi connectivity index (χ0) is 26.9. The van der Waals surface area contributed by atoms with Gasteiger partial charge in [0.25, 0.3) is 5.91 Å². The molecule has 3 aromatic rings. The number of nitrogen functional groups attached to an aromatic ring is 1. The maximum absolute atomic E-state index is 14.9. The molecule has 0 radical (unpaired) electrons. The van der Waals surface area contributed by atoms with Crippen molar-refractivity contribution in [3.63, 3.8) is 0 Å². The lowest BCUT2D eigenvalue weighted by Crippen LogP contribution is -2.27. The third-order valence-corrected chi connectivity index (χ3v) is 6.10. The number of aromatic nitrogens is 3. The number of hydrogen-bond donors (Lipinski definition) is 2. The van der Waals surface area contributed by atoms with E-state index in [-0.39, 0.29) is 45.9 Å². The van der Waals surface area contributed by atoms with Crippen molar-refractivity contribution >= 4 is 28.5 Å². The second-order valence-corrected chi connectivity index (χ2v) is 8.12. The second-order valence-electron chi connectivity index (χ2n) is 8.12. The molecular formula is C25H24F2N6O4. The number of carbonyl (C=O) groups is 2. The summed E-state index contributed by atoms with van der Waals surface area (Å²) in [5.41, 5.74) is 6.16. The number of rotatable bonds is 5. The first-order valence-corrected chi connectivity index (χ1v) is 11.2. The third kappa shape index (κ3) is 4.40. The fourth-order valence-electron chi connectivity index (χ4n) is 4.24. The van der Waals surface area contributed by atoms with Gasteiger partial charge < -0.3 is 25.4 Å². The molecule has 1 aliphatic rings. The molecule has 2 aromatic heterocycles. The fraction of sp³-hybridized carbons (Fsp3) is 0.280. The maximum Gasteiger partial charge on any atom is 0.254 e. The summed E-state index contributed by atoms with van der Waals surface area (Å²) in [5, 5.41) is 7.36. The van der Waals surface area contributed by atoms with Crippen molar-refractivity contribution in [2.45, 2.75) is 12.5 Å². The number of nitrogens with one attached hydrogen (secondary N) is 1. The highest BCUT2D eigenvalue weighted by Gasteiger charge is 2.31. The highest BCUT2D eigenvalue weighted by atomic mass is 19.1. The van der Waals surface area contributed by atoms with Crippen molar-refractivity contribution in [2.75, 3.05) is 40.1 Å². The van der Waals surface area contributed by atoms with Gasteiger partial charge in [0.05, 0.1) is 36.7 Å². The largest absolute Gasteiger partial charge is 0.493 e. The highest BCUT2D eigenvalue weighted by molar-refractivity contribution is 6.09. The molecule has 0 unspecified atom stereocenters. The van der Waals surface area contributed by atoms with E-state index in [2.05, 4.69) is 33.8 Å². The predicted octanol–water partition coefficient (Wildman–Crippen LogP) is 2.03. The Balaban J connectivity index is 1.93. The summed E-state index contributed by atoms with van der Waals surface area (Å²) in [6.45, 7) is 4.28. The third-order valence-electron chi connectivity index (χ3n) is 6.10. The summed E-state index contributed by atoms with van der Waals surface area (Å²) < 4.78 is 41.3. The molecule has 1 aliphatic heterocycles. The average Bonchev–Trinajstić information content (AvgIpc) is 3.54. The van der Waals surface area contributed by atoms with Crippen LogP contribution in [0.15, 0.2) is 24.9 Å². The first-order valence-electron chi connectivity index (χ1n) is 11.2. The van der Waals surface area contributed by atoms with Gasteiger partial charge in [-0.2, -0.15) is 5.10 Å². The molecule has 3 N–H and O–H groups in total. The molecule has 3 heterocycles. The van der Waals surface area contributed by atoms with Gasteiger partial charge in [-0.05, 0) is 18.4 Å². The molecule has 0 spiro atoms. The van der Waals surface area contributed by atoms with Crippen LogP contribution in [-0.4, -0.2) is 65.8 Å². The van der Waals surface area contributed by atoms with Gasteiger partial charge in [-0.1, -0.05) is 12.5 Å². The minimum atomic E-state index is -1.01. The molecule has 0 bridgehead atoms. The first-order chi connectivity index (χ1) is 17.7. The lowest BCUT2D eigenvalue weighted by molar-refractivity contribution is -0.125. The van der Waals surface area contributed by atoms with Gasteiger partial charge in [-0.3, -0.25) is 14.3 Å². The van der Waals surface area contributed by atoms with Crippen LogP contribution in [-0.2, 0) is 4.79 Å². The Labute approximate surface area is 211 Å². The highest BCUT2D eigenvalue weighted by Crippen LogP contribution is 2.33. The second kappa shape index (κ2) is 10.1. The van der Waals surface area contributed by atoms with E-state index >= 15 is 0 Å². The smallest absolute Gasteiger partial charge is 0.254 e. The predicted molar refractivity (Wildman–Crippen MR) is 131 cm³/mol. The maximum atomic E-state index is 14.9. The Kier molecular flexibility index (Phi) is 6.97. The number of amides is 2. The monoisotopic (exact) mass is 510 g/mol. The van der Waals surface area contributed by atoms with Gasteiger partial charge in [0.15, 0.2) is 23.1 Å². The summed E-state index contributed by atoms with van der Waals surface area (Å²) in [5.74, 6) is 1.98. The van der Waals surface area contributed by atoms with Crippen molar-refractivity contribution in [2.24, 2.45) is 0 Å². The topological polar surface area (TPSA) is 125 Å². The van der Waals surface area contributed by atoms with Crippen molar-refractivity contribution in [3.05, 3.63) is 53.4 Å². The van der Waals surface area contributed by atoms with E-state index < -0.39 is 23.1 Å². The van der Waals surface area contributed by atoms with Gasteiger partial charge in [0.1, 0.15) is 17.1 Å². The van der Waals surface area contributed by atoms with Crippen LogP contribution >= 0.6 is 0 Å². The van der Waals surface area contributed by atoms with Crippen LogP contribution in [0.3, 0.4) is 0 Å². The molecule has 37 heavy (non-hydrogen) atoms. The van der Waals surface area contributed by atoms with Crippen molar-refractivity contribution in [3.8, 4) is 23.3 Å². The number of carbonyl (C=O) groups excluding carboxylic acids is 2. The summed E-state index contributed by atoms with van der Waals surface area (Å²) in [6, 6.07) is 0.756. The quantitative estimate of drug-likeness (QED) is 0.398. The lowest BCUT2D eigenvalue weighted by Gasteiger charge is -2.16. The fourth-order valence-corrected chi connectivity index (χ4v) is 4.24. The standard InChI is InChI=1S/C25H24F2N6O4/c1-5-19(34)32-9-8-13(12-32)33-23-15(25(35)29-2)11-30-24(28)20(23)16(31-33)7-6-14-21(26)17(36-3)10-18(37-4)22(14)27/h5,10-11,13H,1,8-9,12H2,2-4H3,(H2,28,30)(H,29,35)/t13-/m0/s1. The number of nitrogens with zero attached hydrogens (tertiary/aromatic N) is 4. The molecule has 4 rings (SSSR count). The molecule has 0 saturated carbocycles. The Hall–Kier alpha value is -4.66. The molecule has 1 saturated heterocycles. The molecule has 10 nitrogen and oxygen atoms in total. The molecular weight excluding hydrogens is 486 g/mol. The Morgan fingerprint density at radius 3 is 2.51 bits per heavy atom. The molecule has 12 heteroatoms.